The van der Waals surface area contributed by atoms with Crippen LogP contribution < -0.4 is 20.5 Å². The van der Waals surface area contributed by atoms with E-state index in [0.29, 0.717) is 12.2 Å². The van der Waals surface area contributed by atoms with Crippen molar-refractivity contribution in [1.82, 2.24) is 0 Å². The van der Waals surface area contributed by atoms with Gasteiger partial charge in [0.25, 0.3) is 0 Å². The molecule has 2 heterocycles. The molecule has 4 rings (SSSR count). The van der Waals surface area contributed by atoms with E-state index in [1.807, 2.05) is 18.2 Å². The van der Waals surface area contributed by atoms with Crippen LogP contribution in [0.15, 0.2) is 36.4 Å². The summed E-state index contributed by atoms with van der Waals surface area (Å²) in [7, 11) is 0. The number of rotatable bonds is 1. The molecule has 0 bridgehead atoms. The van der Waals surface area contributed by atoms with Gasteiger partial charge in [-0.05, 0) is 35.7 Å². The van der Waals surface area contributed by atoms with E-state index in [2.05, 4.69) is 5.32 Å². The Morgan fingerprint density at radius 3 is 2.76 bits per heavy atom. The largest absolute Gasteiger partial charge is 0.454 e. The molecule has 2 aromatic rings. The van der Waals surface area contributed by atoms with Gasteiger partial charge in [0, 0.05) is 17.8 Å². The van der Waals surface area contributed by atoms with E-state index in [1.54, 1.807) is 12.1 Å². The van der Waals surface area contributed by atoms with E-state index >= 15 is 0 Å². The van der Waals surface area contributed by atoms with E-state index in [4.69, 9.17) is 15.2 Å². The van der Waals surface area contributed by atoms with Crippen molar-refractivity contribution in [2.75, 3.05) is 12.1 Å². The highest BCUT2D eigenvalue weighted by Crippen LogP contribution is 2.44. The molecule has 2 aliphatic heterocycles. The van der Waals surface area contributed by atoms with Gasteiger partial charge < -0.3 is 20.5 Å². The Balaban J connectivity index is 1.71. The fraction of sp³-hybridized carbons (Fsp3) is 0.250. The van der Waals surface area contributed by atoms with Crippen LogP contribution in [-0.2, 0) is 0 Å². The molecule has 108 valence electrons. The van der Waals surface area contributed by atoms with Crippen LogP contribution in [0.2, 0.25) is 0 Å². The SMILES string of the molecule is NC1CC(c2cccc(F)c2)Nc2cc3c(cc21)OCO3. The van der Waals surface area contributed by atoms with Gasteiger partial charge in [-0.3, -0.25) is 0 Å². The maximum Gasteiger partial charge on any atom is 0.231 e. The van der Waals surface area contributed by atoms with Gasteiger partial charge in [0.15, 0.2) is 11.5 Å². The molecule has 0 aromatic heterocycles. The lowest BCUT2D eigenvalue weighted by Crippen LogP contribution is -2.26. The lowest BCUT2D eigenvalue weighted by molar-refractivity contribution is 0.174. The topological polar surface area (TPSA) is 56.5 Å². The van der Waals surface area contributed by atoms with Crippen molar-refractivity contribution in [1.29, 1.82) is 0 Å². The fourth-order valence-electron chi connectivity index (χ4n) is 2.96. The second kappa shape index (κ2) is 4.63. The van der Waals surface area contributed by atoms with Gasteiger partial charge in [0.2, 0.25) is 6.79 Å². The average molecular weight is 286 g/mol. The zero-order chi connectivity index (χ0) is 14.4. The van der Waals surface area contributed by atoms with Crippen molar-refractivity contribution >= 4 is 5.69 Å². The summed E-state index contributed by atoms with van der Waals surface area (Å²) in [5.74, 6) is 1.21. The standard InChI is InChI=1S/C16H15FN2O2/c17-10-3-1-2-9(4-10)13-6-12(18)11-5-15-16(21-8-20-15)7-14(11)19-13/h1-5,7,12-13,19H,6,8,18H2. The first-order valence-corrected chi connectivity index (χ1v) is 6.92. The summed E-state index contributed by atoms with van der Waals surface area (Å²) in [6.45, 7) is 0.237. The van der Waals surface area contributed by atoms with E-state index in [-0.39, 0.29) is 24.7 Å². The van der Waals surface area contributed by atoms with Gasteiger partial charge in [-0.15, -0.1) is 0 Å². The second-order valence-corrected chi connectivity index (χ2v) is 5.39. The first-order chi connectivity index (χ1) is 10.2. The maximum atomic E-state index is 13.4. The number of anilines is 1. The molecule has 0 saturated carbocycles. The summed E-state index contributed by atoms with van der Waals surface area (Å²) in [4.78, 5) is 0. The van der Waals surface area contributed by atoms with Gasteiger partial charge in [0.1, 0.15) is 5.82 Å². The van der Waals surface area contributed by atoms with Crippen molar-refractivity contribution in [3.8, 4) is 11.5 Å². The Hall–Kier alpha value is -2.27. The van der Waals surface area contributed by atoms with Gasteiger partial charge in [-0.1, -0.05) is 12.1 Å². The molecule has 21 heavy (non-hydrogen) atoms. The Kier molecular flexibility index (Phi) is 2.75. The third kappa shape index (κ3) is 2.10. The van der Waals surface area contributed by atoms with Crippen molar-refractivity contribution in [2.45, 2.75) is 18.5 Å². The summed E-state index contributed by atoms with van der Waals surface area (Å²) in [6.07, 6.45) is 0.704. The minimum Gasteiger partial charge on any atom is -0.454 e. The van der Waals surface area contributed by atoms with Crippen LogP contribution >= 0.6 is 0 Å². The molecule has 2 atom stereocenters. The monoisotopic (exact) mass is 286 g/mol. The summed E-state index contributed by atoms with van der Waals surface area (Å²) < 4.78 is 24.2. The quantitative estimate of drug-likeness (QED) is 0.845. The molecule has 5 heteroatoms. The number of ether oxygens (including phenoxy) is 2. The fourth-order valence-corrected chi connectivity index (χ4v) is 2.96. The molecule has 0 spiro atoms. The molecule has 3 N–H and O–H groups in total. The van der Waals surface area contributed by atoms with Crippen LogP contribution in [0.4, 0.5) is 10.1 Å². The first kappa shape index (κ1) is 12.5. The summed E-state index contributed by atoms with van der Waals surface area (Å²) >= 11 is 0. The molecule has 2 aromatic carbocycles. The number of fused-ring (bicyclic) bond motifs is 2. The molecule has 0 fully saturated rings. The highest BCUT2D eigenvalue weighted by molar-refractivity contribution is 5.64. The first-order valence-electron chi connectivity index (χ1n) is 6.92. The van der Waals surface area contributed by atoms with Gasteiger partial charge in [-0.25, -0.2) is 4.39 Å². The van der Waals surface area contributed by atoms with Crippen LogP contribution in [0.25, 0.3) is 0 Å². The van der Waals surface area contributed by atoms with E-state index < -0.39 is 0 Å². The number of benzene rings is 2. The number of hydrogen-bond acceptors (Lipinski definition) is 4. The van der Waals surface area contributed by atoms with Crippen molar-refractivity contribution in [2.24, 2.45) is 5.73 Å². The molecule has 0 radical (unpaired) electrons. The molecule has 2 unspecified atom stereocenters. The molecule has 0 amide bonds. The predicted octanol–water partition coefficient (Wildman–Crippen LogP) is 3.11. The van der Waals surface area contributed by atoms with E-state index in [9.17, 15) is 4.39 Å². The molecule has 0 saturated heterocycles. The summed E-state index contributed by atoms with van der Waals surface area (Å²) in [5.41, 5.74) is 9.10. The zero-order valence-electron chi connectivity index (χ0n) is 11.3. The maximum absolute atomic E-state index is 13.4. The van der Waals surface area contributed by atoms with Gasteiger partial charge in [-0.2, -0.15) is 0 Å². The van der Waals surface area contributed by atoms with Crippen LogP contribution in [0, 0.1) is 5.82 Å². The highest BCUT2D eigenvalue weighted by atomic mass is 19.1. The lowest BCUT2D eigenvalue weighted by atomic mass is 9.89. The summed E-state index contributed by atoms with van der Waals surface area (Å²) in [5, 5.41) is 3.42. The van der Waals surface area contributed by atoms with E-state index in [1.165, 1.54) is 6.07 Å². The number of halogens is 1. The third-order valence-electron chi connectivity index (χ3n) is 4.01. The molecule has 0 aliphatic carbocycles. The minimum atomic E-state index is -0.237. The molecular weight excluding hydrogens is 271 g/mol. The molecule has 4 nitrogen and oxygen atoms in total. The number of nitrogens with two attached hydrogens (primary N) is 1. The Morgan fingerprint density at radius 1 is 1.14 bits per heavy atom. The predicted molar refractivity (Wildman–Crippen MR) is 76.9 cm³/mol. The Bertz CT molecular complexity index is 705. The number of nitrogens with one attached hydrogen (secondary N) is 1. The average Bonchev–Trinajstić information content (AvgIpc) is 2.92. The normalized spacial score (nSPS) is 22.6. The highest BCUT2D eigenvalue weighted by Gasteiger charge is 2.28. The van der Waals surface area contributed by atoms with Crippen LogP contribution in [0.5, 0.6) is 11.5 Å². The van der Waals surface area contributed by atoms with Gasteiger partial charge >= 0.3 is 0 Å². The van der Waals surface area contributed by atoms with Crippen LogP contribution in [0.1, 0.15) is 29.6 Å². The van der Waals surface area contributed by atoms with Crippen LogP contribution in [-0.4, -0.2) is 6.79 Å². The van der Waals surface area contributed by atoms with Crippen LogP contribution in [0.3, 0.4) is 0 Å². The zero-order valence-corrected chi connectivity index (χ0v) is 11.3. The summed E-state index contributed by atoms with van der Waals surface area (Å²) in [6, 6.07) is 10.3. The molecular formula is C16H15FN2O2. The smallest absolute Gasteiger partial charge is 0.231 e. The Morgan fingerprint density at radius 2 is 1.95 bits per heavy atom. The van der Waals surface area contributed by atoms with Crippen molar-refractivity contribution < 1.29 is 13.9 Å². The van der Waals surface area contributed by atoms with Crippen molar-refractivity contribution in [3.63, 3.8) is 0 Å². The van der Waals surface area contributed by atoms with E-state index in [0.717, 1.165) is 22.6 Å². The Labute approximate surface area is 121 Å². The van der Waals surface area contributed by atoms with Gasteiger partial charge in [0.05, 0.1) is 6.04 Å². The minimum absolute atomic E-state index is 0.0106. The van der Waals surface area contributed by atoms with Crippen molar-refractivity contribution in [3.05, 3.63) is 53.3 Å². The third-order valence-corrected chi connectivity index (χ3v) is 4.01. The lowest BCUT2D eigenvalue weighted by Gasteiger charge is -2.31. The second-order valence-electron chi connectivity index (χ2n) is 5.39. The number of hydrogen-bond donors (Lipinski definition) is 2. The molecule has 2 aliphatic rings.